The number of fused-ring (bicyclic) bond motifs is 2. The van der Waals surface area contributed by atoms with Crippen molar-refractivity contribution in [2.24, 2.45) is 5.73 Å². The molecule has 0 fully saturated rings. The van der Waals surface area contributed by atoms with E-state index in [1.54, 1.807) is 24.3 Å². The van der Waals surface area contributed by atoms with Crippen LogP contribution < -0.4 is 33.8 Å². The Morgan fingerprint density at radius 1 is 0.617 bits per heavy atom. The van der Waals surface area contributed by atoms with Gasteiger partial charge in [0, 0.05) is 33.1 Å². The van der Waals surface area contributed by atoms with Crippen molar-refractivity contribution < 1.29 is 48.8 Å². The zero-order chi connectivity index (χ0) is 35.1. The van der Waals surface area contributed by atoms with Gasteiger partial charge in [-0.1, -0.05) is 6.07 Å². The van der Waals surface area contributed by atoms with Crippen molar-refractivity contribution in [1.29, 1.82) is 0 Å². The molecule has 20 heteroatoms. The van der Waals surface area contributed by atoms with Crippen LogP contribution in [0.1, 0.15) is 10.4 Å². The standard InChI is InChI=1S/C20H18N4O10S3.C7H8N2O/c21-14-3-4-16(13-7-10(35(26,27)28)1-2-11(13)14)23-24-19-18(37(32,33)34)6-9-5-17(36(29,30)31)15(22)8-12(9)20(19)25;8-6-3-1-5(2-4-6)7(9)10/h1-8,23-25H,21-22H2,(H,26,27,28)(H,29,30,31)(H,32,33,34);1-4H,8H2,(H2,9,10). The van der Waals surface area contributed by atoms with Crippen LogP contribution in [0.15, 0.2) is 87.5 Å². The van der Waals surface area contributed by atoms with Gasteiger partial charge in [-0.3, -0.25) is 23.9 Å². The zero-order valence-electron chi connectivity index (χ0n) is 23.6. The molecule has 17 nitrogen and oxygen atoms in total. The van der Waals surface area contributed by atoms with Crippen molar-refractivity contribution >= 4 is 86.2 Å². The van der Waals surface area contributed by atoms with E-state index in [9.17, 15) is 48.8 Å². The summed E-state index contributed by atoms with van der Waals surface area (Å²) in [7, 11) is -14.4. The first kappa shape index (κ1) is 34.5. The Kier molecular flexibility index (Phi) is 9.12. The summed E-state index contributed by atoms with van der Waals surface area (Å²) in [4.78, 5) is 8.41. The van der Waals surface area contributed by atoms with Crippen LogP contribution in [0.2, 0.25) is 0 Å². The fourth-order valence-electron chi connectivity index (χ4n) is 4.35. The van der Waals surface area contributed by atoms with E-state index in [4.69, 9.17) is 22.9 Å². The highest BCUT2D eigenvalue weighted by Crippen LogP contribution is 2.41. The molecule has 0 bridgehead atoms. The highest BCUT2D eigenvalue weighted by molar-refractivity contribution is 7.86. The van der Waals surface area contributed by atoms with E-state index in [2.05, 4.69) is 10.9 Å². The highest BCUT2D eigenvalue weighted by atomic mass is 32.2. The van der Waals surface area contributed by atoms with E-state index >= 15 is 0 Å². The smallest absolute Gasteiger partial charge is 0.296 e. The number of benzene rings is 5. The molecule has 0 aliphatic heterocycles. The summed E-state index contributed by atoms with van der Waals surface area (Å²) in [5, 5.41) is 11.0. The summed E-state index contributed by atoms with van der Waals surface area (Å²) < 4.78 is 99.0. The lowest BCUT2D eigenvalue weighted by molar-refractivity contribution is 0.1000. The van der Waals surface area contributed by atoms with Crippen molar-refractivity contribution in [3.63, 3.8) is 0 Å². The largest absolute Gasteiger partial charge is 0.505 e. The van der Waals surface area contributed by atoms with Gasteiger partial charge in [-0.05, 0) is 72.1 Å². The second-order valence-electron chi connectivity index (χ2n) is 9.78. The number of carbonyl (C=O) groups is 1. The molecule has 47 heavy (non-hydrogen) atoms. The van der Waals surface area contributed by atoms with Crippen LogP contribution in [0.25, 0.3) is 21.5 Å². The van der Waals surface area contributed by atoms with Gasteiger partial charge in [0.1, 0.15) is 21.2 Å². The van der Waals surface area contributed by atoms with Crippen LogP contribution in [0.3, 0.4) is 0 Å². The number of hydrogen-bond acceptors (Lipinski definition) is 13. The van der Waals surface area contributed by atoms with E-state index in [1.165, 1.54) is 18.2 Å². The van der Waals surface area contributed by atoms with Crippen LogP contribution in [0.4, 0.5) is 28.4 Å². The number of hydrogen-bond donors (Lipinski definition) is 10. The average Bonchev–Trinajstić information content (AvgIpc) is 2.96. The maximum Gasteiger partial charge on any atom is 0.296 e. The fraction of sp³-hybridized carbons (Fsp3) is 0. The van der Waals surface area contributed by atoms with E-state index in [0.29, 0.717) is 16.6 Å². The van der Waals surface area contributed by atoms with Gasteiger partial charge in [0.25, 0.3) is 30.4 Å². The van der Waals surface area contributed by atoms with Crippen LogP contribution in [0, 0.1) is 0 Å². The van der Waals surface area contributed by atoms with E-state index in [-0.39, 0.29) is 27.5 Å². The number of hydrazine groups is 1. The normalized spacial score (nSPS) is 11.9. The molecule has 0 unspecified atom stereocenters. The van der Waals surface area contributed by atoms with Gasteiger partial charge < -0.3 is 33.5 Å². The Morgan fingerprint density at radius 3 is 1.77 bits per heavy atom. The second kappa shape index (κ2) is 12.4. The number of phenolic OH excluding ortho intramolecular Hbond substituents is 1. The number of carbonyl (C=O) groups excluding carboxylic acids is 1. The number of nitrogens with two attached hydrogens (primary N) is 4. The summed E-state index contributed by atoms with van der Waals surface area (Å²) in [5.41, 5.74) is 27.4. The van der Waals surface area contributed by atoms with Gasteiger partial charge in [0.15, 0.2) is 0 Å². The van der Waals surface area contributed by atoms with E-state index in [0.717, 1.165) is 30.3 Å². The molecule has 248 valence electrons. The molecule has 0 atom stereocenters. The summed E-state index contributed by atoms with van der Waals surface area (Å²) in [5.74, 6) is -1.20. The SMILES string of the molecule is NC(=O)c1ccc(N)cc1.Nc1cc2c(O)c(NNc3ccc(N)c4ccc(S(=O)(=O)O)cc34)c(S(=O)(=O)O)cc2cc1S(=O)(=O)O. The number of phenols is 1. The number of amides is 1. The first-order valence-corrected chi connectivity index (χ1v) is 17.0. The number of anilines is 5. The Balaban J connectivity index is 0.000000427. The van der Waals surface area contributed by atoms with Crippen molar-refractivity contribution in [2.75, 3.05) is 28.1 Å². The number of nitrogen functional groups attached to an aromatic ring is 3. The molecule has 0 aliphatic carbocycles. The molecule has 0 spiro atoms. The monoisotopic (exact) mass is 706 g/mol. The van der Waals surface area contributed by atoms with Crippen molar-refractivity contribution in [1.82, 2.24) is 0 Å². The Hall–Kier alpha value is -5.38. The summed E-state index contributed by atoms with van der Waals surface area (Å²) in [6.45, 7) is 0. The third-order valence-electron chi connectivity index (χ3n) is 6.60. The maximum absolute atomic E-state index is 12.1. The number of aromatic hydroxyl groups is 1. The van der Waals surface area contributed by atoms with Gasteiger partial charge in [-0.25, -0.2) is 0 Å². The molecule has 1 amide bonds. The lowest BCUT2D eigenvalue weighted by atomic mass is 10.1. The molecule has 0 heterocycles. The van der Waals surface area contributed by atoms with Crippen LogP contribution in [0.5, 0.6) is 5.75 Å². The second-order valence-corrected chi connectivity index (χ2v) is 14.0. The van der Waals surface area contributed by atoms with Crippen LogP contribution in [-0.2, 0) is 30.4 Å². The van der Waals surface area contributed by atoms with Gasteiger partial charge in [0.2, 0.25) is 5.91 Å². The predicted octanol–water partition coefficient (Wildman–Crippen LogP) is 2.41. The maximum atomic E-state index is 12.1. The minimum atomic E-state index is -5.02. The Labute approximate surface area is 267 Å². The van der Waals surface area contributed by atoms with E-state index in [1.807, 2.05) is 0 Å². The molecule has 0 aliphatic rings. The molecule has 0 saturated carbocycles. The zero-order valence-corrected chi connectivity index (χ0v) is 26.1. The molecule has 0 aromatic heterocycles. The molecular formula is C27H26N6O11S3. The molecule has 0 saturated heterocycles. The Morgan fingerprint density at radius 2 is 1.21 bits per heavy atom. The molecular weight excluding hydrogens is 681 g/mol. The third-order valence-corrected chi connectivity index (χ3v) is 9.24. The molecule has 5 rings (SSSR count). The van der Waals surface area contributed by atoms with Gasteiger partial charge >= 0.3 is 0 Å². The number of primary amides is 1. The third kappa shape index (κ3) is 7.54. The quantitative estimate of drug-likeness (QED) is 0.0502. The fourth-order valence-corrected chi connectivity index (χ4v) is 6.17. The van der Waals surface area contributed by atoms with E-state index < -0.39 is 68.1 Å². The Bertz CT molecular complexity index is 2400. The summed E-state index contributed by atoms with van der Waals surface area (Å²) in [6, 6.07) is 15.5. The van der Waals surface area contributed by atoms with Gasteiger partial charge in [0.05, 0.1) is 16.3 Å². The first-order valence-electron chi connectivity index (χ1n) is 12.7. The average molecular weight is 707 g/mol. The lowest BCUT2D eigenvalue weighted by Crippen LogP contribution is -2.14. The minimum Gasteiger partial charge on any atom is -0.505 e. The van der Waals surface area contributed by atoms with Gasteiger partial charge in [-0.2, -0.15) is 25.3 Å². The van der Waals surface area contributed by atoms with Crippen molar-refractivity contribution in [3.05, 3.63) is 78.4 Å². The molecule has 5 aromatic rings. The van der Waals surface area contributed by atoms with Crippen molar-refractivity contribution in [3.8, 4) is 5.75 Å². The van der Waals surface area contributed by atoms with Crippen LogP contribution >= 0.6 is 0 Å². The number of nitrogens with one attached hydrogen (secondary N) is 2. The minimum absolute atomic E-state index is 0.122. The topological polar surface area (TPSA) is 329 Å². The first-order chi connectivity index (χ1) is 21.7. The lowest BCUT2D eigenvalue weighted by Gasteiger charge is -2.18. The molecule has 5 aromatic carbocycles. The summed E-state index contributed by atoms with van der Waals surface area (Å²) >= 11 is 0. The number of rotatable bonds is 7. The predicted molar refractivity (Wildman–Crippen MR) is 174 cm³/mol. The molecule has 0 radical (unpaired) electrons. The van der Waals surface area contributed by atoms with Crippen LogP contribution in [-0.4, -0.2) is 49.9 Å². The van der Waals surface area contributed by atoms with Crippen molar-refractivity contribution in [2.45, 2.75) is 14.7 Å². The van der Waals surface area contributed by atoms with Gasteiger partial charge in [-0.15, -0.1) is 0 Å². The molecule has 14 N–H and O–H groups in total. The summed E-state index contributed by atoms with van der Waals surface area (Å²) in [6.07, 6.45) is 0. The highest BCUT2D eigenvalue weighted by Gasteiger charge is 2.25.